The molecule has 0 aliphatic carbocycles. The highest BCUT2D eigenvalue weighted by Gasteiger charge is 2.31. The molecular formula is C28H27FN6. The lowest BCUT2D eigenvalue weighted by Gasteiger charge is -2.19. The molecule has 2 aromatic carbocycles. The number of aromatic nitrogens is 5. The molecule has 0 saturated carbocycles. The van der Waals surface area contributed by atoms with E-state index in [9.17, 15) is 4.39 Å². The van der Waals surface area contributed by atoms with Crippen LogP contribution in [-0.2, 0) is 13.0 Å². The largest absolute Gasteiger partial charge is 0.354 e. The lowest BCUT2D eigenvalue weighted by atomic mass is 10.1. The summed E-state index contributed by atoms with van der Waals surface area (Å²) in [6.07, 6.45) is 5.85. The monoisotopic (exact) mass is 466 g/mol. The maximum Gasteiger partial charge on any atom is 0.223 e. The van der Waals surface area contributed by atoms with Crippen LogP contribution in [0.5, 0.6) is 0 Å². The van der Waals surface area contributed by atoms with Crippen molar-refractivity contribution in [2.24, 2.45) is 0 Å². The Kier molecular flexibility index (Phi) is 5.32. The summed E-state index contributed by atoms with van der Waals surface area (Å²) in [4.78, 5) is 14.2. The van der Waals surface area contributed by atoms with E-state index in [2.05, 4.69) is 56.8 Å². The highest BCUT2D eigenvalue weighted by atomic mass is 19.1. The smallest absolute Gasteiger partial charge is 0.223 e. The molecule has 35 heavy (non-hydrogen) atoms. The molecule has 1 aliphatic rings. The molecule has 0 amide bonds. The van der Waals surface area contributed by atoms with Gasteiger partial charge in [-0.3, -0.25) is 0 Å². The number of nitrogens with one attached hydrogen (secondary N) is 1. The minimum atomic E-state index is -0.258. The van der Waals surface area contributed by atoms with Crippen molar-refractivity contribution < 1.29 is 4.39 Å². The molecule has 1 atom stereocenters. The number of imidazole rings is 1. The number of nitrogens with zero attached hydrogens (tertiary/aromatic N) is 5. The Hall–Kier alpha value is -4.00. The molecule has 1 aliphatic heterocycles. The fourth-order valence-corrected chi connectivity index (χ4v) is 5.11. The van der Waals surface area contributed by atoms with Crippen LogP contribution in [0.1, 0.15) is 30.8 Å². The first kappa shape index (κ1) is 21.5. The third kappa shape index (κ3) is 3.87. The summed E-state index contributed by atoms with van der Waals surface area (Å²) in [5, 5.41) is 4.46. The van der Waals surface area contributed by atoms with Gasteiger partial charge >= 0.3 is 0 Å². The molecule has 0 bridgehead atoms. The van der Waals surface area contributed by atoms with Crippen LogP contribution in [0.15, 0.2) is 67.0 Å². The Morgan fingerprint density at radius 2 is 1.91 bits per heavy atom. The predicted octanol–water partition coefficient (Wildman–Crippen LogP) is 6.03. The fraction of sp³-hybridized carbons (Fsp3) is 0.250. The number of fused-ring (bicyclic) bond motifs is 2. The van der Waals surface area contributed by atoms with E-state index in [1.165, 1.54) is 28.6 Å². The van der Waals surface area contributed by atoms with Gasteiger partial charge in [0.25, 0.3) is 0 Å². The number of hydrogen-bond donors (Lipinski definition) is 1. The summed E-state index contributed by atoms with van der Waals surface area (Å²) < 4.78 is 18.4. The number of rotatable bonds is 6. The van der Waals surface area contributed by atoms with Gasteiger partial charge in [0.2, 0.25) is 5.95 Å². The molecule has 3 aromatic heterocycles. The van der Waals surface area contributed by atoms with Crippen molar-refractivity contribution in [3.63, 3.8) is 0 Å². The van der Waals surface area contributed by atoms with E-state index < -0.39 is 0 Å². The van der Waals surface area contributed by atoms with E-state index in [0.717, 1.165) is 54.4 Å². The molecule has 0 saturated heterocycles. The molecule has 5 aromatic rings. The van der Waals surface area contributed by atoms with Gasteiger partial charge in [-0.05, 0) is 73.7 Å². The molecule has 1 unspecified atom stereocenters. The molecular weight excluding hydrogens is 439 g/mol. The van der Waals surface area contributed by atoms with Crippen LogP contribution >= 0.6 is 0 Å². The van der Waals surface area contributed by atoms with Crippen molar-refractivity contribution in [3.8, 4) is 22.6 Å². The molecule has 0 radical (unpaired) electrons. The Morgan fingerprint density at radius 1 is 1.06 bits per heavy atom. The summed E-state index contributed by atoms with van der Waals surface area (Å²) in [6, 6.07) is 17.5. The van der Waals surface area contributed by atoms with E-state index in [1.807, 2.05) is 13.0 Å². The number of anilines is 1. The number of aryl methyl sites for hydroxylation is 2. The molecule has 0 fully saturated rings. The summed E-state index contributed by atoms with van der Waals surface area (Å²) in [5.74, 6) is 1.37. The van der Waals surface area contributed by atoms with Gasteiger partial charge in [0.05, 0.1) is 23.1 Å². The number of hydrogen-bond acceptors (Lipinski definition) is 4. The van der Waals surface area contributed by atoms with E-state index in [0.29, 0.717) is 5.95 Å². The van der Waals surface area contributed by atoms with Crippen LogP contribution in [0.3, 0.4) is 0 Å². The molecule has 4 heterocycles. The van der Waals surface area contributed by atoms with Crippen molar-refractivity contribution in [3.05, 3.63) is 84.2 Å². The Morgan fingerprint density at radius 3 is 2.74 bits per heavy atom. The zero-order chi connectivity index (χ0) is 23.9. The van der Waals surface area contributed by atoms with Gasteiger partial charge in [-0.15, -0.1) is 0 Å². The molecule has 7 heteroatoms. The van der Waals surface area contributed by atoms with Crippen molar-refractivity contribution >= 4 is 16.9 Å². The topological polar surface area (TPSA) is 60.6 Å². The first-order chi connectivity index (χ1) is 17.1. The number of benzene rings is 2. The summed E-state index contributed by atoms with van der Waals surface area (Å²) in [7, 11) is 0. The minimum Gasteiger partial charge on any atom is -0.354 e. The first-order valence-corrected chi connectivity index (χ1v) is 12.1. The molecule has 6 rings (SSSR count). The SMILES string of the molecule is CCNc1nccc(-c2c(-c3ccc(F)cc3)nc3n2C(Cn2ccc4ccc(C)cc42)CC3)n1. The molecule has 176 valence electrons. The molecule has 1 N–H and O–H groups in total. The Labute approximate surface area is 203 Å². The van der Waals surface area contributed by atoms with Crippen LogP contribution in [0.4, 0.5) is 10.3 Å². The van der Waals surface area contributed by atoms with Crippen LogP contribution in [0.2, 0.25) is 0 Å². The van der Waals surface area contributed by atoms with Crippen LogP contribution in [-0.4, -0.2) is 30.6 Å². The van der Waals surface area contributed by atoms with E-state index in [1.54, 1.807) is 18.3 Å². The standard InChI is InChI=1S/C28H27FN6/c1-3-30-28-31-14-12-23(32-28)27-26(20-6-8-21(29)9-7-20)33-25-11-10-22(35(25)27)17-34-15-13-19-5-4-18(2)16-24(19)34/h4-9,12-16,22H,3,10-11,17H2,1-2H3,(H,30,31,32). The average molecular weight is 467 g/mol. The van der Waals surface area contributed by atoms with Gasteiger partial charge < -0.3 is 14.5 Å². The maximum absolute atomic E-state index is 13.7. The zero-order valence-corrected chi connectivity index (χ0v) is 19.9. The quantitative estimate of drug-likeness (QED) is 0.332. The van der Waals surface area contributed by atoms with E-state index in [4.69, 9.17) is 9.97 Å². The number of halogens is 1. The van der Waals surface area contributed by atoms with Gasteiger partial charge in [-0.2, -0.15) is 0 Å². The summed E-state index contributed by atoms with van der Waals surface area (Å²) in [5.41, 5.74) is 5.99. The van der Waals surface area contributed by atoms with Crippen LogP contribution < -0.4 is 5.32 Å². The third-order valence-corrected chi connectivity index (χ3v) is 6.74. The normalized spacial score (nSPS) is 15.0. The van der Waals surface area contributed by atoms with Gasteiger partial charge in [-0.1, -0.05) is 12.1 Å². The second-order valence-corrected chi connectivity index (χ2v) is 9.12. The second-order valence-electron chi connectivity index (χ2n) is 9.12. The van der Waals surface area contributed by atoms with E-state index >= 15 is 0 Å². The van der Waals surface area contributed by atoms with Crippen molar-refractivity contribution in [2.75, 3.05) is 11.9 Å². The van der Waals surface area contributed by atoms with Gasteiger partial charge in [0.1, 0.15) is 11.6 Å². The second kappa shape index (κ2) is 8.65. The minimum absolute atomic E-state index is 0.232. The van der Waals surface area contributed by atoms with Crippen LogP contribution in [0, 0.1) is 12.7 Å². The zero-order valence-electron chi connectivity index (χ0n) is 19.9. The average Bonchev–Trinajstić information content (AvgIpc) is 3.55. The highest BCUT2D eigenvalue weighted by Crippen LogP contribution is 2.40. The summed E-state index contributed by atoms with van der Waals surface area (Å²) >= 11 is 0. The van der Waals surface area contributed by atoms with Crippen molar-refractivity contribution in [1.29, 1.82) is 0 Å². The third-order valence-electron chi connectivity index (χ3n) is 6.74. The lowest BCUT2D eigenvalue weighted by molar-refractivity contribution is 0.459. The summed E-state index contributed by atoms with van der Waals surface area (Å²) in [6.45, 7) is 5.74. The fourth-order valence-electron chi connectivity index (χ4n) is 5.11. The van der Waals surface area contributed by atoms with Crippen molar-refractivity contribution in [1.82, 2.24) is 24.1 Å². The highest BCUT2D eigenvalue weighted by molar-refractivity contribution is 5.81. The van der Waals surface area contributed by atoms with Crippen LogP contribution in [0.25, 0.3) is 33.5 Å². The van der Waals surface area contributed by atoms with Gasteiger partial charge in [0.15, 0.2) is 0 Å². The maximum atomic E-state index is 13.7. The Balaban J connectivity index is 1.48. The van der Waals surface area contributed by atoms with Gasteiger partial charge in [-0.25, -0.2) is 19.3 Å². The Bertz CT molecular complexity index is 1510. The predicted molar refractivity (Wildman–Crippen MR) is 137 cm³/mol. The molecule has 0 spiro atoms. The first-order valence-electron chi connectivity index (χ1n) is 12.1. The molecule has 6 nitrogen and oxygen atoms in total. The van der Waals surface area contributed by atoms with Gasteiger partial charge in [0, 0.05) is 43.0 Å². The lowest BCUT2D eigenvalue weighted by Crippen LogP contribution is -2.14. The van der Waals surface area contributed by atoms with E-state index in [-0.39, 0.29) is 11.9 Å². The van der Waals surface area contributed by atoms with Crippen molar-refractivity contribution in [2.45, 2.75) is 39.3 Å².